The van der Waals surface area contributed by atoms with Crippen LogP contribution in [0.5, 0.6) is 0 Å². The van der Waals surface area contributed by atoms with Crippen LogP contribution in [0, 0.1) is 6.92 Å². The molecule has 0 fully saturated rings. The van der Waals surface area contributed by atoms with Crippen LogP contribution in [-0.2, 0) is 6.54 Å². The molecule has 0 heterocycles. The fourth-order valence-corrected chi connectivity index (χ4v) is 1.49. The summed E-state index contributed by atoms with van der Waals surface area (Å²) in [5.41, 5.74) is 3.67. The largest absolute Gasteiger partial charge is 0.309 e. The molecule has 76 valence electrons. The molecule has 0 atom stereocenters. The molecule has 0 aliphatic heterocycles. The predicted molar refractivity (Wildman–Crippen MR) is 62.7 cm³/mol. The summed E-state index contributed by atoms with van der Waals surface area (Å²) in [5.74, 6) is 0. The van der Waals surface area contributed by atoms with E-state index in [2.05, 4.69) is 24.9 Å². The highest BCUT2D eigenvalue weighted by Crippen LogP contribution is 2.14. The lowest BCUT2D eigenvalue weighted by Crippen LogP contribution is -2.15. The highest BCUT2D eigenvalue weighted by atomic mass is 35.5. The summed E-state index contributed by atoms with van der Waals surface area (Å²) < 4.78 is 0. The maximum absolute atomic E-state index is 5.87. The van der Waals surface area contributed by atoms with Gasteiger partial charge in [0, 0.05) is 18.1 Å². The molecule has 1 rings (SSSR count). The Hall–Kier alpha value is -0.790. The van der Waals surface area contributed by atoms with Crippen LogP contribution >= 0.6 is 11.6 Å². The Kier molecular flexibility index (Phi) is 4.18. The molecule has 0 aliphatic rings. The molecule has 0 unspecified atom stereocenters. The smallest absolute Gasteiger partial charge is 0.0408 e. The van der Waals surface area contributed by atoms with Gasteiger partial charge >= 0.3 is 0 Å². The quantitative estimate of drug-likeness (QED) is 0.751. The van der Waals surface area contributed by atoms with Crippen molar-refractivity contribution in [1.29, 1.82) is 0 Å². The summed E-state index contributed by atoms with van der Waals surface area (Å²) in [6, 6.07) is 5.97. The molecule has 0 saturated carbocycles. The van der Waals surface area contributed by atoms with Gasteiger partial charge in [0.2, 0.25) is 0 Å². The fourth-order valence-electron chi connectivity index (χ4n) is 1.27. The number of nitrogens with one attached hydrogen (secondary N) is 1. The summed E-state index contributed by atoms with van der Waals surface area (Å²) in [6.07, 6.45) is 0. The summed E-state index contributed by atoms with van der Waals surface area (Å²) >= 11 is 5.87. The van der Waals surface area contributed by atoms with Crippen LogP contribution in [0.1, 0.15) is 18.1 Å². The van der Waals surface area contributed by atoms with Crippen molar-refractivity contribution in [3.8, 4) is 0 Å². The molecule has 2 heteroatoms. The topological polar surface area (TPSA) is 12.0 Å². The zero-order chi connectivity index (χ0) is 10.6. The molecule has 0 aliphatic carbocycles. The number of hydrogen-bond acceptors (Lipinski definition) is 1. The zero-order valence-electron chi connectivity index (χ0n) is 8.73. The molecule has 1 N–H and O–H groups in total. The molecule has 14 heavy (non-hydrogen) atoms. The molecule has 1 aromatic rings. The maximum Gasteiger partial charge on any atom is 0.0408 e. The summed E-state index contributed by atoms with van der Waals surface area (Å²) in [7, 11) is 0. The van der Waals surface area contributed by atoms with Crippen LogP contribution in [0.25, 0.3) is 0 Å². The minimum Gasteiger partial charge on any atom is -0.309 e. The van der Waals surface area contributed by atoms with Crippen LogP contribution in [0.4, 0.5) is 0 Å². The monoisotopic (exact) mass is 209 g/mol. The third kappa shape index (κ3) is 3.52. The first-order valence-electron chi connectivity index (χ1n) is 4.69. The molecule has 0 amide bonds. The lowest BCUT2D eigenvalue weighted by Gasteiger charge is -2.07. The highest BCUT2D eigenvalue weighted by Gasteiger charge is 1.98. The van der Waals surface area contributed by atoms with Gasteiger partial charge in [-0.25, -0.2) is 0 Å². The van der Waals surface area contributed by atoms with Crippen molar-refractivity contribution in [1.82, 2.24) is 5.32 Å². The summed E-state index contributed by atoms with van der Waals surface area (Å²) in [5, 5.41) is 4.12. The number of hydrogen-bond donors (Lipinski definition) is 1. The van der Waals surface area contributed by atoms with Crippen molar-refractivity contribution in [2.75, 3.05) is 6.54 Å². The average Bonchev–Trinajstić information content (AvgIpc) is 2.08. The first-order valence-corrected chi connectivity index (χ1v) is 5.07. The minimum absolute atomic E-state index is 0.797. The third-order valence-corrected chi connectivity index (χ3v) is 2.28. The zero-order valence-corrected chi connectivity index (χ0v) is 9.49. The SMILES string of the molecule is C=C(C)CNCc1ccc(Cl)cc1C. The number of benzene rings is 1. The van der Waals surface area contributed by atoms with Crippen molar-refractivity contribution < 1.29 is 0 Å². The lowest BCUT2D eigenvalue weighted by atomic mass is 10.1. The molecule has 0 saturated heterocycles. The Bertz CT molecular complexity index is 331. The van der Waals surface area contributed by atoms with E-state index < -0.39 is 0 Å². The second-order valence-electron chi connectivity index (χ2n) is 3.63. The third-order valence-electron chi connectivity index (χ3n) is 2.05. The van der Waals surface area contributed by atoms with Crippen molar-refractivity contribution in [2.24, 2.45) is 0 Å². The highest BCUT2D eigenvalue weighted by molar-refractivity contribution is 6.30. The van der Waals surface area contributed by atoms with E-state index in [9.17, 15) is 0 Å². The van der Waals surface area contributed by atoms with E-state index in [1.807, 2.05) is 19.1 Å². The van der Waals surface area contributed by atoms with Gasteiger partial charge in [0.25, 0.3) is 0 Å². The Labute approximate surface area is 90.8 Å². The molecule has 0 spiro atoms. The van der Waals surface area contributed by atoms with Gasteiger partial charge in [-0.05, 0) is 37.1 Å². The van der Waals surface area contributed by atoms with Gasteiger partial charge in [0.15, 0.2) is 0 Å². The van der Waals surface area contributed by atoms with Crippen LogP contribution in [0.15, 0.2) is 30.4 Å². The molecule has 0 radical (unpaired) electrons. The molecule has 1 aromatic carbocycles. The van der Waals surface area contributed by atoms with E-state index in [0.717, 1.165) is 23.7 Å². The number of halogens is 1. The van der Waals surface area contributed by atoms with Crippen molar-refractivity contribution in [3.63, 3.8) is 0 Å². The Balaban J connectivity index is 2.55. The normalized spacial score (nSPS) is 10.2. The molecular weight excluding hydrogens is 194 g/mol. The van der Waals surface area contributed by atoms with Crippen molar-refractivity contribution in [2.45, 2.75) is 20.4 Å². The molecule has 1 nitrogen and oxygen atoms in total. The van der Waals surface area contributed by atoms with Gasteiger partial charge in [-0.1, -0.05) is 29.8 Å². The Morgan fingerprint density at radius 3 is 2.79 bits per heavy atom. The van der Waals surface area contributed by atoms with Crippen molar-refractivity contribution in [3.05, 3.63) is 46.5 Å². The molecule has 0 bridgehead atoms. The Morgan fingerprint density at radius 1 is 1.50 bits per heavy atom. The number of rotatable bonds is 4. The average molecular weight is 210 g/mol. The fraction of sp³-hybridized carbons (Fsp3) is 0.333. The van der Waals surface area contributed by atoms with Gasteiger partial charge in [0.1, 0.15) is 0 Å². The standard InChI is InChI=1S/C12H16ClN/c1-9(2)7-14-8-11-4-5-12(13)6-10(11)3/h4-6,14H,1,7-8H2,2-3H3. The van der Waals surface area contributed by atoms with E-state index in [-0.39, 0.29) is 0 Å². The first kappa shape index (κ1) is 11.3. The number of aryl methyl sites for hydroxylation is 1. The van der Waals surface area contributed by atoms with E-state index >= 15 is 0 Å². The van der Waals surface area contributed by atoms with E-state index in [4.69, 9.17) is 11.6 Å². The Morgan fingerprint density at radius 2 is 2.21 bits per heavy atom. The molecule has 0 aromatic heterocycles. The van der Waals surface area contributed by atoms with Gasteiger partial charge in [-0.3, -0.25) is 0 Å². The second kappa shape index (κ2) is 5.18. The van der Waals surface area contributed by atoms with Gasteiger partial charge in [0.05, 0.1) is 0 Å². The second-order valence-corrected chi connectivity index (χ2v) is 4.07. The predicted octanol–water partition coefficient (Wildman–Crippen LogP) is 3.31. The van der Waals surface area contributed by atoms with Gasteiger partial charge in [-0.15, -0.1) is 0 Å². The van der Waals surface area contributed by atoms with E-state index in [0.29, 0.717) is 0 Å². The lowest BCUT2D eigenvalue weighted by molar-refractivity contribution is 0.737. The van der Waals surface area contributed by atoms with Crippen LogP contribution < -0.4 is 5.32 Å². The van der Waals surface area contributed by atoms with Crippen LogP contribution in [0.2, 0.25) is 5.02 Å². The van der Waals surface area contributed by atoms with E-state index in [1.165, 1.54) is 11.1 Å². The minimum atomic E-state index is 0.797. The maximum atomic E-state index is 5.87. The summed E-state index contributed by atoms with van der Waals surface area (Å²) in [6.45, 7) is 9.66. The van der Waals surface area contributed by atoms with Crippen LogP contribution in [0.3, 0.4) is 0 Å². The summed E-state index contributed by atoms with van der Waals surface area (Å²) in [4.78, 5) is 0. The first-order chi connectivity index (χ1) is 6.59. The van der Waals surface area contributed by atoms with Gasteiger partial charge in [-0.2, -0.15) is 0 Å². The van der Waals surface area contributed by atoms with E-state index in [1.54, 1.807) is 0 Å². The van der Waals surface area contributed by atoms with Gasteiger partial charge < -0.3 is 5.32 Å². The van der Waals surface area contributed by atoms with Crippen molar-refractivity contribution >= 4 is 11.6 Å². The van der Waals surface area contributed by atoms with Crippen LogP contribution in [-0.4, -0.2) is 6.54 Å². The molecular formula is C12H16ClN.